The summed E-state index contributed by atoms with van der Waals surface area (Å²) in [6, 6.07) is 4.27. The fourth-order valence-corrected chi connectivity index (χ4v) is 2.26. The van der Waals surface area contributed by atoms with Gasteiger partial charge < -0.3 is 5.73 Å². The van der Waals surface area contributed by atoms with Crippen LogP contribution in [0.2, 0.25) is 0 Å². The molecule has 0 radical (unpaired) electrons. The second-order valence-electron chi connectivity index (χ2n) is 2.91. The van der Waals surface area contributed by atoms with Gasteiger partial charge in [0.2, 0.25) is 20.7 Å². The number of hydrogen-bond donors (Lipinski definition) is 1. The Labute approximate surface area is 89.8 Å². The Hall–Kier alpha value is -1.96. The summed E-state index contributed by atoms with van der Waals surface area (Å²) < 4.78 is 40.6. The Morgan fingerprint density at radius 2 is 1.81 bits per heavy atom. The zero-order chi connectivity index (χ0) is 11.8. The number of nitrogens with zero attached hydrogens (tertiary/aromatic N) is 2. The number of hydrogen-bond acceptors (Lipinski definition) is 6. The van der Waals surface area contributed by atoms with E-state index in [4.69, 9.17) is 5.73 Å². The molecule has 0 atom stereocenters. The van der Waals surface area contributed by atoms with Crippen LogP contribution in [0.5, 0.6) is 0 Å². The Bertz CT molecular complexity index is 606. The molecule has 0 amide bonds. The van der Waals surface area contributed by atoms with Gasteiger partial charge in [-0.15, -0.1) is 0 Å². The summed E-state index contributed by atoms with van der Waals surface area (Å²) in [5.74, 6) is -0.866. The molecule has 6 nitrogen and oxygen atoms in total. The molecule has 1 heterocycles. The van der Waals surface area contributed by atoms with Crippen molar-refractivity contribution in [1.29, 1.82) is 0 Å². The van der Waals surface area contributed by atoms with Crippen molar-refractivity contribution in [2.24, 2.45) is 0 Å². The molecule has 0 bridgehead atoms. The summed E-state index contributed by atoms with van der Waals surface area (Å²) in [6.45, 7) is 0. The lowest BCUT2D eigenvalue weighted by atomic mass is 10.4. The molecule has 0 fully saturated rings. The maximum absolute atomic E-state index is 12.6. The third-order valence-corrected chi connectivity index (χ3v) is 3.55. The van der Waals surface area contributed by atoms with Crippen LogP contribution in [0.3, 0.4) is 0 Å². The van der Waals surface area contributed by atoms with E-state index in [0.29, 0.717) is 0 Å². The molecule has 0 saturated heterocycles. The highest BCUT2D eigenvalue weighted by atomic mass is 32.2. The van der Waals surface area contributed by atoms with Crippen molar-refractivity contribution in [2.75, 3.05) is 5.73 Å². The van der Waals surface area contributed by atoms with Crippen LogP contribution in [0, 0.1) is 5.82 Å². The number of sulfone groups is 1. The predicted molar refractivity (Wildman–Crippen MR) is 50.6 cm³/mol. The average Bonchev–Trinajstić information content (AvgIpc) is 2.66. The molecule has 1 aromatic heterocycles. The van der Waals surface area contributed by atoms with Crippen molar-refractivity contribution < 1.29 is 17.4 Å². The minimum atomic E-state index is -3.90. The monoisotopic (exact) mass is 243 g/mol. The first-order valence-corrected chi connectivity index (χ1v) is 5.59. The minimum absolute atomic E-state index is 0.128. The van der Waals surface area contributed by atoms with Gasteiger partial charge in [-0.3, -0.25) is 0 Å². The lowest BCUT2D eigenvalue weighted by molar-refractivity contribution is 0.298. The van der Waals surface area contributed by atoms with E-state index in [9.17, 15) is 12.8 Å². The van der Waals surface area contributed by atoms with Gasteiger partial charge in [0.1, 0.15) is 5.82 Å². The van der Waals surface area contributed by atoms with Crippen LogP contribution >= 0.6 is 0 Å². The third-order valence-electron chi connectivity index (χ3n) is 1.86. The van der Waals surface area contributed by atoms with Crippen LogP contribution in [0.4, 0.5) is 10.2 Å². The van der Waals surface area contributed by atoms with Crippen LogP contribution in [0.15, 0.2) is 38.8 Å². The highest BCUT2D eigenvalue weighted by Crippen LogP contribution is 2.22. The van der Waals surface area contributed by atoms with Crippen molar-refractivity contribution in [3.05, 3.63) is 30.1 Å². The summed E-state index contributed by atoms with van der Waals surface area (Å²) in [4.78, 5) is -0.128. The molecule has 0 unspecified atom stereocenters. The number of nitrogens with two attached hydrogens (primary N) is 1. The molecule has 16 heavy (non-hydrogen) atoms. The number of rotatable bonds is 2. The molecular formula is C8H6FN3O3S. The van der Waals surface area contributed by atoms with Crippen molar-refractivity contribution in [2.45, 2.75) is 9.92 Å². The lowest BCUT2D eigenvalue weighted by Gasteiger charge is -1.99. The van der Waals surface area contributed by atoms with Crippen LogP contribution in [0.25, 0.3) is 0 Å². The predicted octanol–water partition coefficient (Wildman–Crippen LogP) is 0.624. The van der Waals surface area contributed by atoms with Gasteiger partial charge in [0.05, 0.1) is 4.90 Å². The van der Waals surface area contributed by atoms with Crippen LogP contribution in [-0.4, -0.2) is 18.7 Å². The van der Waals surface area contributed by atoms with E-state index in [0.717, 1.165) is 24.3 Å². The smallest absolute Gasteiger partial charge is 0.247 e. The van der Waals surface area contributed by atoms with E-state index in [-0.39, 0.29) is 10.7 Å². The summed E-state index contributed by atoms with van der Waals surface area (Å²) in [5.41, 5.74) is 5.27. The normalized spacial score (nSPS) is 11.6. The Morgan fingerprint density at radius 1 is 1.19 bits per heavy atom. The average molecular weight is 243 g/mol. The van der Waals surface area contributed by atoms with E-state index in [1.54, 1.807) is 0 Å². The quantitative estimate of drug-likeness (QED) is 0.776. The summed E-state index contributed by atoms with van der Waals surface area (Å²) in [6.07, 6.45) is 0. The summed E-state index contributed by atoms with van der Waals surface area (Å²) in [7, 11) is -3.90. The first kappa shape index (κ1) is 10.6. The minimum Gasteiger partial charge on any atom is -0.378 e. The van der Waals surface area contributed by atoms with Crippen molar-refractivity contribution in [3.63, 3.8) is 0 Å². The summed E-state index contributed by atoms with van der Waals surface area (Å²) >= 11 is 0. The molecule has 0 saturated carbocycles. The molecular weight excluding hydrogens is 237 g/mol. The van der Waals surface area contributed by atoms with Gasteiger partial charge >= 0.3 is 0 Å². The summed E-state index contributed by atoms with van der Waals surface area (Å²) in [5, 5.41) is 5.88. The maximum Gasteiger partial charge on any atom is 0.247 e. The highest BCUT2D eigenvalue weighted by Gasteiger charge is 2.25. The lowest BCUT2D eigenvalue weighted by Crippen LogP contribution is -2.05. The molecule has 8 heteroatoms. The van der Waals surface area contributed by atoms with Gasteiger partial charge in [0.15, 0.2) is 0 Å². The van der Waals surface area contributed by atoms with Gasteiger partial charge in [0, 0.05) is 0 Å². The standard InChI is InChI=1S/C8H6FN3O3S/c9-5-1-3-6(4-2-5)16(13,14)8-7(10)11-15-12-8/h1-4H,(H2,10,11). The number of benzene rings is 1. The first-order chi connectivity index (χ1) is 7.51. The molecule has 84 valence electrons. The largest absolute Gasteiger partial charge is 0.378 e. The molecule has 2 rings (SSSR count). The third kappa shape index (κ3) is 1.63. The van der Waals surface area contributed by atoms with Crippen LogP contribution < -0.4 is 5.73 Å². The van der Waals surface area contributed by atoms with E-state index < -0.39 is 20.7 Å². The zero-order valence-electron chi connectivity index (χ0n) is 7.79. The molecule has 2 N–H and O–H groups in total. The molecule has 0 spiro atoms. The second-order valence-corrected chi connectivity index (χ2v) is 4.78. The van der Waals surface area contributed by atoms with Crippen LogP contribution in [0.1, 0.15) is 0 Å². The first-order valence-electron chi connectivity index (χ1n) is 4.10. The van der Waals surface area contributed by atoms with E-state index >= 15 is 0 Å². The number of aromatic nitrogens is 2. The zero-order valence-corrected chi connectivity index (χ0v) is 8.61. The second kappa shape index (κ2) is 3.56. The van der Waals surface area contributed by atoms with Gasteiger partial charge in [0.25, 0.3) is 0 Å². The Kier molecular flexibility index (Phi) is 2.35. The van der Waals surface area contributed by atoms with Crippen molar-refractivity contribution in [3.8, 4) is 0 Å². The molecule has 0 aliphatic rings. The van der Waals surface area contributed by atoms with Crippen molar-refractivity contribution >= 4 is 15.7 Å². The van der Waals surface area contributed by atoms with Gasteiger partial charge in [-0.2, -0.15) is 0 Å². The topological polar surface area (TPSA) is 99.1 Å². The highest BCUT2D eigenvalue weighted by molar-refractivity contribution is 7.91. The molecule has 1 aromatic carbocycles. The van der Waals surface area contributed by atoms with Gasteiger partial charge in [-0.1, -0.05) is 0 Å². The fraction of sp³-hybridized carbons (Fsp3) is 0. The van der Waals surface area contributed by atoms with E-state index in [1.807, 2.05) is 0 Å². The van der Waals surface area contributed by atoms with Crippen LogP contribution in [-0.2, 0) is 9.84 Å². The van der Waals surface area contributed by atoms with Gasteiger partial charge in [-0.25, -0.2) is 17.4 Å². The Morgan fingerprint density at radius 3 is 2.31 bits per heavy atom. The molecule has 0 aliphatic carbocycles. The number of anilines is 1. The fourth-order valence-electron chi connectivity index (χ4n) is 1.10. The van der Waals surface area contributed by atoms with E-state index in [2.05, 4.69) is 14.9 Å². The van der Waals surface area contributed by atoms with Crippen molar-refractivity contribution in [1.82, 2.24) is 10.3 Å². The Balaban J connectivity index is 2.56. The van der Waals surface area contributed by atoms with Gasteiger partial charge in [-0.05, 0) is 34.6 Å². The van der Waals surface area contributed by atoms with E-state index in [1.165, 1.54) is 0 Å². The number of nitrogen functional groups attached to an aromatic ring is 1. The molecule has 0 aliphatic heterocycles. The number of halogens is 1. The maximum atomic E-state index is 12.6. The molecule has 2 aromatic rings. The SMILES string of the molecule is Nc1nonc1S(=O)(=O)c1ccc(F)cc1.